The van der Waals surface area contributed by atoms with Crippen LogP contribution in [0, 0.1) is 0 Å². The number of carbonyl (C=O) groups is 1. The molecule has 0 heterocycles. The van der Waals surface area contributed by atoms with E-state index in [4.69, 9.17) is 0 Å². The van der Waals surface area contributed by atoms with Gasteiger partial charge in [-0.05, 0) is 31.4 Å². The minimum absolute atomic E-state index is 0.228. The van der Waals surface area contributed by atoms with E-state index >= 15 is 0 Å². The summed E-state index contributed by atoms with van der Waals surface area (Å²) in [5.41, 5.74) is 0. The fraction of sp³-hybridized carbons (Fsp3) is 0.923. The average molecular weight is 256 g/mol. The van der Waals surface area contributed by atoms with E-state index in [2.05, 4.69) is 17.6 Å². The molecule has 3 nitrogen and oxygen atoms in total. The second-order valence-electron chi connectivity index (χ2n) is 5.08. The summed E-state index contributed by atoms with van der Waals surface area (Å²) in [4.78, 5) is 11.8. The van der Waals surface area contributed by atoms with Crippen molar-refractivity contribution in [1.82, 2.24) is 10.6 Å². The molecule has 2 rings (SSSR count). The second-order valence-corrected chi connectivity index (χ2v) is 6.59. The molecule has 0 bridgehead atoms. The van der Waals surface area contributed by atoms with Crippen molar-refractivity contribution in [2.45, 2.75) is 62.8 Å². The van der Waals surface area contributed by atoms with Crippen molar-refractivity contribution in [3.63, 3.8) is 0 Å². The topological polar surface area (TPSA) is 41.1 Å². The fourth-order valence-electron chi connectivity index (χ4n) is 2.46. The molecular formula is C13H24N2OS. The van der Waals surface area contributed by atoms with E-state index in [0.29, 0.717) is 23.8 Å². The Hall–Kier alpha value is -0.220. The average Bonchev–Trinajstić information content (AvgIpc) is 3.02. The van der Waals surface area contributed by atoms with E-state index in [0.717, 1.165) is 12.3 Å². The minimum atomic E-state index is 0.228. The second kappa shape index (κ2) is 6.64. The summed E-state index contributed by atoms with van der Waals surface area (Å²) in [6, 6.07) is 1.13. The molecule has 0 radical (unpaired) electrons. The molecule has 17 heavy (non-hydrogen) atoms. The summed E-state index contributed by atoms with van der Waals surface area (Å²) in [6.45, 7) is 3.04. The zero-order valence-electron chi connectivity index (χ0n) is 10.7. The Labute approximate surface area is 108 Å². The molecule has 1 amide bonds. The first-order valence-electron chi connectivity index (χ1n) is 6.94. The molecule has 2 saturated carbocycles. The molecule has 0 aromatic carbocycles. The van der Waals surface area contributed by atoms with E-state index in [1.54, 1.807) is 0 Å². The molecule has 0 saturated heterocycles. The highest BCUT2D eigenvalue weighted by Crippen LogP contribution is 2.29. The highest BCUT2D eigenvalue weighted by Gasteiger charge is 2.28. The van der Waals surface area contributed by atoms with E-state index in [-0.39, 0.29) is 5.91 Å². The van der Waals surface area contributed by atoms with Crippen molar-refractivity contribution < 1.29 is 4.79 Å². The van der Waals surface area contributed by atoms with E-state index in [1.807, 2.05) is 11.8 Å². The van der Waals surface area contributed by atoms with Gasteiger partial charge in [-0.2, -0.15) is 11.8 Å². The standard InChI is InChI=1S/C13H24N2OS/c1-2-17-12-5-3-4-11(12)15-13(16)8-9-14-10-6-7-10/h10-12,14H,2-9H2,1H3,(H,15,16). The van der Waals surface area contributed by atoms with Crippen molar-refractivity contribution in [2.75, 3.05) is 12.3 Å². The largest absolute Gasteiger partial charge is 0.352 e. The third kappa shape index (κ3) is 4.51. The molecule has 98 valence electrons. The van der Waals surface area contributed by atoms with Gasteiger partial charge in [0.2, 0.25) is 5.91 Å². The highest BCUT2D eigenvalue weighted by molar-refractivity contribution is 7.99. The lowest BCUT2D eigenvalue weighted by atomic mass is 10.2. The molecule has 0 aromatic rings. The van der Waals surface area contributed by atoms with Gasteiger partial charge in [0.05, 0.1) is 0 Å². The van der Waals surface area contributed by atoms with Crippen LogP contribution in [0.4, 0.5) is 0 Å². The Morgan fingerprint density at radius 3 is 2.82 bits per heavy atom. The van der Waals surface area contributed by atoms with Crippen LogP contribution in [0.3, 0.4) is 0 Å². The van der Waals surface area contributed by atoms with Crippen molar-refractivity contribution in [3.05, 3.63) is 0 Å². The quantitative estimate of drug-likeness (QED) is 0.731. The lowest BCUT2D eigenvalue weighted by Gasteiger charge is -2.20. The Kier molecular flexibility index (Phi) is 5.16. The molecule has 0 aliphatic heterocycles. The van der Waals surface area contributed by atoms with E-state index < -0.39 is 0 Å². The minimum Gasteiger partial charge on any atom is -0.352 e. The smallest absolute Gasteiger partial charge is 0.221 e. The monoisotopic (exact) mass is 256 g/mol. The first-order chi connectivity index (χ1) is 8.29. The van der Waals surface area contributed by atoms with Gasteiger partial charge in [-0.25, -0.2) is 0 Å². The van der Waals surface area contributed by atoms with Gasteiger partial charge in [0.15, 0.2) is 0 Å². The van der Waals surface area contributed by atoms with Crippen molar-refractivity contribution in [1.29, 1.82) is 0 Å². The third-order valence-corrected chi connectivity index (χ3v) is 4.87. The molecule has 2 N–H and O–H groups in total. The van der Waals surface area contributed by atoms with Crippen LogP contribution < -0.4 is 10.6 Å². The molecule has 2 fully saturated rings. The number of hydrogen-bond acceptors (Lipinski definition) is 3. The SMILES string of the molecule is CCSC1CCCC1NC(=O)CCNC1CC1. The summed E-state index contributed by atoms with van der Waals surface area (Å²) in [5.74, 6) is 1.38. The normalized spacial score (nSPS) is 28.3. The van der Waals surface area contributed by atoms with Gasteiger partial charge in [0, 0.05) is 30.3 Å². The molecule has 0 spiro atoms. The van der Waals surface area contributed by atoms with Gasteiger partial charge in [0.25, 0.3) is 0 Å². The van der Waals surface area contributed by atoms with Crippen molar-refractivity contribution in [2.24, 2.45) is 0 Å². The summed E-state index contributed by atoms with van der Waals surface area (Å²) in [5, 5.41) is 7.24. The zero-order chi connectivity index (χ0) is 12.1. The maximum Gasteiger partial charge on any atom is 0.221 e. The Balaban J connectivity index is 1.62. The third-order valence-electron chi connectivity index (χ3n) is 3.54. The van der Waals surface area contributed by atoms with Gasteiger partial charge in [-0.15, -0.1) is 0 Å². The van der Waals surface area contributed by atoms with Crippen LogP contribution in [-0.2, 0) is 4.79 Å². The number of rotatable bonds is 7. The molecule has 2 aliphatic carbocycles. The Bertz CT molecular complexity index is 256. The number of thioether (sulfide) groups is 1. The van der Waals surface area contributed by atoms with Crippen LogP contribution in [0.1, 0.15) is 45.4 Å². The molecule has 0 aromatic heterocycles. The van der Waals surface area contributed by atoms with Gasteiger partial charge in [-0.1, -0.05) is 13.3 Å². The van der Waals surface area contributed by atoms with Crippen molar-refractivity contribution in [3.8, 4) is 0 Å². The van der Waals surface area contributed by atoms with Crippen LogP contribution in [0.15, 0.2) is 0 Å². The maximum atomic E-state index is 11.8. The lowest BCUT2D eigenvalue weighted by Crippen LogP contribution is -2.40. The fourth-order valence-corrected chi connectivity index (χ4v) is 3.66. The zero-order valence-corrected chi connectivity index (χ0v) is 11.5. The van der Waals surface area contributed by atoms with Gasteiger partial charge >= 0.3 is 0 Å². The molecule has 2 unspecified atom stereocenters. The van der Waals surface area contributed by atoms with Crippen LogP contribution in [-0.4, -0.2) is 35.5 Å². The summed E-state index contributed by atoms with van der Waals surface area (Å²) in [7, 11) is 0. The van der Waals surface area contributed by atoms with E-state index in [1.165, 1.54) is 32.1 Å². The molecule has 2 aliphatic rings. The number of hydrogen-bond donors (Lipinski definition) is 2. The molecule has 2 atom stereocenters. The summed E-state index contributed by atoms with van der Waals surface area (Å²) < 4.78 is 0. The number of nitrogens with one attached hydrogen (secondary N) is 2. The molecular weight excluding hydrogens is 232 g/mol. The van der Waals surface area contributed by atoms with Crippen LogP contribution in [0.2, 0.25) is 0 Å². The van der Waals surface area contributed by atoms with E-state index in [9.17, 15) is 4.79 Å². The van der Waals surface area contributed by atoms with Crippen LogP contribution >= 0.6 is 11.8 Å². The van der Waals surface area contributed by atoms with Crippen molar-refractivity contribution >= 4 is 17.7 Å². The van der Waals surface area contributed by atoms with Gasteiger partial charge < -0.3 is 10.6 Å². The predicted molar refractivity (Wildman–Crippen MR) is 73.3 cm³/mol. The van der Waals surface area contributed by atoms with Crippen LogP contribution in [0.5, 0.6) is 0 Å². The lowest BCUT2D eigenvalue weighted by molar-refractivity contribution is -0.121. The Morgan fingerprint density at radius 2 is 2.12 bits per heavy atom. The first-order valence-corrected chi connectivity index (χ1v) is 7.99. The number of carbonyl (C=O) groups excluding carboxylic acids is 1. The summed E-state index contributed by atoms with van der Waals surface area (Å²) >= 11 is 2.00. The Morgan fingerprint density at radius 1 is 1.29 bits per heavy atom. The predicted octanol–water partition coefficient (Wildman–Crippen LogP) is 1.92. The van der Waals surface area contributed by atoms with Gasteiger partial charge in [-0.3, -0.25) is 4.79 Å². The highest BCUT2D eigenvalue weighted by atomic mass is 32.2. The number of amides is 1. The van der Waals surface area contributed by atoms with Crippen LogP contribution in [0.25, 0.3) is 0 Å². The van der Waals surface area contributed by atoms with Gasteiger partial charge in [0.1, 0.15) is 0 Å². The summed E-state index contributed by atoms with van der Waals surface area (Å²) in [6.07, 6.45) is 6.92. The molecule has 4 heteroatoms. The first kappa shape index (κ1) is 13.2. The maximum absolute atomic E-state index is 11.8.